The number of nitrogens with one attached hydrogen (secondary N) is 1. The van der Waals surface area contributed by atoms with Crippen LogP contribution in [0.1, 0.15) is 29.3 Å². The van der Waals surface area contributed by atoms with E-state index in [-0.39, 0.29) is 11.8 Å². The summed E-state index contributed by atoms with van der Waals surface area (Å²) in [6.07, 6.45) is 2.34. The molecule has 0 saturated carbocycles. The van der Waals surface area contributed by atoms with Crippen molar-refractivity contribution in [3.05, 3.63) is 66.0 Å². The minimum atomic E-state index is -0.0362. The second-order valence-electron chi connectivity index (χ2n) is 8.09. The first-order chi connectivity index (χ1) is 15.5. The molecule has 2 amide bonds. The summed E-state index contributed by atoms with van der Waals surface area (Å²) in [7, 11) is 2.05. The summed E-state index contributed by atoms with van der Waals surface area (Å²) in [5, 5.41) is 6.71. The van der Waals surface area contributed by atoms with E-state index in [1.165, 1.54) is 6.33 Å². The molecule has 166 valence electrons. The second kappa shape index (κ2) is 9.74. The van der Waals surface area contributed by atoms with Gasteiger partial charge in [-0.25, -0.2) is 4.98 Å². The van der Waals surface area contributed by atoms with Gasteiger partial charge >= 0.3 is 0 Å². The van der Waals surface area contributed by atoms with E-state index in [0.717, 1.165) is 36.3 Å². The van der Waals surface area contributed by atoms with Crippen LogP contribution in [0.5, 0.6) is 0 Å². The van der Waals surface area contributed by atoms with Crippen LogP contribution in [0.25, 0.3) is 11.4 Å². The molecule has 0 atom stereocenters. The lowest BCUT2D eigenvalue weighted by atomic mass is 10.1. The van der Waals surface area contributed by atoms with Crippen molar-refractivity contribution in [1.29, 1.82) is 0 Å². The maximum Gasteiger partial charge on any atom is 0.254 e. The van der Waals surface area contributed by atoms with Gasteiger partial charge in [-0.3, -0.25) is 14.7 Å². The Hall–Kier alpha value is -3.52. The Morgan fingerprint density at radius 1 is 0.969 bits per heavy atom. The predicted molar refractivity (Wildman–Crippen MR) is 123 cm³/mol. The predicted octanol–water partition coefficient (Wildman–Crippen LogP) is 2.80. The largest absolute Gasteiger partial charge is 0.333 e. The minimum absolute atomic E-state index is 0.0141. The average molecular weight is 433 g/mol. The van der Waals surface area contributed by atoms with Gasteiger partial charge in [0.05, 0.1) is 0 Å². The van der Waals surface area contributed by atoms with E-state index in [1.807, 2.05) is 58.3 Å². The van der Waals surface area contributed by atoms with Crippen LogP contribution in [-0.2, 0) is 11.3 Å². The number of nitrogens with zero attached hydrogens (tertiary/aromatic N) is 5. The Labute approximate surface area is 187 Å². The number of aromatic nitrogens is 3. The molecule has 0 spiro atoms. The smallest absolute Gasteiger partial charge is 0.254 e. The van der Waals surface area contributed by atoms with Crippen molar-refractivity contribution in [2.24, 2.45) is 0 Å². The van der Waals surface area contributed by atoms with Crippen LogP contribution in [0.15, 0.2) is 54.9 Å². The molecule has 2 aromatic carbocycles. The molecule has 0 saturated heterocycles. The zero-order chi connectivity index (χ0) is 22.5. The van der Waals surface area contributed by atoms with Crippen LogP contribution in [-0.4, -0.2) is 70.0 Å². The molecule has 32 heavy (non-hydrogen) atoms. The summed E-state index contributed by atoms with van der Waals surface area (Å²) in [5.74, 6) is 0.644. The van der Waals surface area contributed by atoms with E-state index in [2.05, 4.69) is 27.1 Å². The Kier molecular flexibility index (Phi) is 6.61. The molecule has 1 N–H and O–H groups in total. The molecule has 3 aromatic rings. The highest BCUT2D eigenvalue weighted by atomic mass is 16.2. The van der Waals surface area contributed by atoms with Gasteiger partial charge in [0.15, 0.2) is 5.82 Å². The molecule has 1 aromatic heterocycles. The number of H-pyrrole nitrogens is 1. The topological polar surface area (TPSA) is 85.4 Å². The fraction of sp³-hybridized carbons (Fsp3) is 0.333. The van der Waals surface area contributed by atoms with E-state index in [9.17, 15) is 9.59 Å². The monoisotopic (exact) mass is 432 g/mol. The number of carbonyl (C=O) groups is 2. The zero-order valence-corrected chi connectivity index (χ0v) is 18.5. The van der Waals surface area contributed by atoms with Gasteiger partial charge < -0.3 is 14.7 Å². The van der Waals surface area contributed by atoms with E-state index in [0.29, 0.717) is 31.0 Å². The summed E-state index contributed by atoms with van der Waals surface area (Å²) in [6.45, 7) is 4.93. The lowest BCUT2D eigenvalue weighted by molar-refractivity contribution is -0.116. The fourth-order valence-corrected chi connectivity index (χ4v) is 4.01. The maximum absolute atomic E-state index is 13.5. The number of aromatic amines is 1. The minimum Gasteiger partial charge on any atom is -0.333 e. The van der Waals surface area contributed by atoms with Gasteiger partial charge in [0, 0.05) is 49.9 Å². The van der Waals surface area contributed by atoms with Crippen molar-refractivity contribution in [3.8, 4) is 11.4 Å². The average Bonchev–Trinajstić information content (AvgIpc) is 3.33. The molecule has 8 nitrogen and oxygen atoms in total. The number of amides is 2. The number of rotatable bonds is 2. The molecule has 0 fully saturated rings. The third-order valence-corrected chi connectivity index (χ3v) is 5.80. The van der Waals surface area contributed by atoms with Gasteiger partial charge in [-0.05, 0) is 43.8 Å². The van der Waals surface area contributed by atoms with Crippen LogP contribution in [0.3, 0.4) is 0 Å². The molecule has 0 bridgehead atoms. The van der Waals surface area contributed by atoms with Crippen molar-refractivity contribution < 1.29 is 9.59 Å². The van der Waals surface area contributed by atoms with Gasteiger partial charge in [0.25, 0.3) is 5.91 Å². The first kappa shape index (κ1) is 21.7. The molecule has 0 radical (unpaired) electrons. The second-order valence-corrected chi connectivity index (χ2v) is 8.09. The standard InChI is InChI=1S/C24H28N6O2/c1-18(31)30-13-5-12-28(2)14-15-29(16-21-6-3-4-7-22(21)30)24(32)20-10-8-19(9-11-20)23-25-17-26-27-23/h3-4,6-11,17H,5,12-16H2,1-2H3,(H,25,26,27). The van der Waals surface area contributed by atoms with Crippen LogP contribution < -0.4 is 4.90 Å². The van der Waals surface area contributed by atoms with Crippen LogP contribution in [0.4, 0.5) is 5.69 Å². The number of likely N-dealkylation sites (N-methyl/N-ethyl adjacent to an activating group) is 1. The summed E-state index contributed by atoms with van der Waals surface area (Å²) in [5.41, 5.74) is 3.34. The highest BCUT2D eigenvalue weighted by molar-refractivity contribution is 5.95. The van der Waals surface area contributed by atoms with Gasteiger partial charge in [-0.2, -0.15) is 5.10 Å². The molecule has 0 unspecified atom stereocenters. The summed E-state index contributed by atoms with van der Waals surface area (Å²) in [6, 6.07) is 15.3. The molecule has 0 aliphatic carbocycles. The van der Waals surface area contributed by atoms with Crippen LogP contribution >= 0.6 is 0 Å². The SMILES string of the molecule is CC(=O)N1CCCN(C)CCN(C(=O)c2ccc(-c3ncn[nH]3)cc2)Cc2ccccc21. The van der Waals surface area contributed by atoms with Crippen LogP contribution in [0, 0.1) is 0 Å². The molecule has 1 aliphatic rings. The Morgan fingerprint density at radius 2 is 1.75 bits per heavy atom. The molecule has 4 rings (SSSR count). The van der Waals surface area contributed by atoms with Crippen molar-refractivity contribution in [1.82, 2.24) is 25.0 Å². The highest BCUT2D eigenvalue weighted by Crippen LogP contribution is 2.24. The Morgan fingerprint density at radius 3 is 2.47 bits per heavy atom. The van der Waals surface area contributed by atoms with Gasteiger partial charge in [-0.1, -0.05) is 30.3 Å². The van der Waals surface area contributed by atoms with Gasteiger partial charge in [0.2, 0.25) is 5.91 Å². The quantitative estimate of drug-likeness (QED) is 0.673. The number of benzene rings is 2. The number of hydrogen-bond donors (Lipinski definition) is 1. The summed E-state index contributed by atoms with van der Waals surface area (Å²) < 4.78 is 0. The Balaban J connectivity index is 1.63. The molecule has 2 heterocycles. The third kappa shape index (κ3) is 4.86. The van der Waals surface area contributed by atoms with E-state index in [4.69, 9.17) is 0 Å². The lowest BCUT2D eigenvalue weighted by Gasteiger charge is -2.27. The third-order valence-electron chi connectivity index (χ3n) is 5.80. The first-order valence-electron chi connectivity index (χ1n) is 10.8. The van der Waals surface area contributed by atoms with Crippen molar-refractivity contribution >= 4 is 17.5 Å². The molecule has 1 aliphatic heterocycles. The maximum atomic E-state index is 13.5. The van der Waals surface area contributed by atoms with Crippen molar-refractivity contribution in [3.63, 3.8) is 0 Å². The number of anilines is 1. The number of fused-ring (bicyclic) bond motifs is 1. The normalized spacial score (nSPS) is 15.7. The van der Waals surface area contributed by atoms with Crippen LogP contribution in [0.2, 0.25) is 0 Å². The van der Waals surface area contributed by atoms with E-state index >= 15 is 0 Å². The first-order valence-corrected chi connectivity index (χ1v) is 10.8. The summed E-state index contributed by atoms with van der Waals surface area (Å²) in [4.78, 5) is 35.9. The molecular formula is C24H28N6O2. The highest BCUT2D eigenvalue weighted by Gasteiger charge is 2.22. The van der Waals surface area contributed by atoms with E-state index in [1.54, 1.807) is 6.92 Å². The summed E-state index contributed by atoms with van der Waals surface area (Å²) >= 11 is 0. The molecular weight excluding hydrogens is 404 g/mol. The number of carbonyl (C=O) groups excluding carboxylic acids is 2. The van der Waals surface area contributed by atoms with Gasteiger partial charge in [0.1, 0.15) is 6.33 Å². The fourth-order valence-electron chi connectivity index (χ4n) is 4.01. The zero-order valence-electron chi connectivity index (χ0n) is 18.5. The number of para-hydroxylation sites is 1. The Bertz CT molecular complexity index is 1060. The van der Waals surface area contributed by atoms with E-state index < -0.39 is 0 Å². The lowest BCUT2D eigenvalue weighted by Crippen LogP contribution is -2.37. The van der Waals surface area contributed by atoms with Crippen molar-refractivity contribution in [2.75, 3.05) is 38.1 Å². The van der Waals surface area contributed by atoms with Crippen molar-refractivity contribution in [2.45, 2.75) is 19.9 Å². The molecule has 8 heteroatoms. The van der Waals surface area contributed by atoms with Gasteiger partial charge in [-0.15, -0.1) is 0 Å². The number of hydrogen-bond acceptors (Lipinski definition) is 5.